The van der Waals surface area contributed by atoms with E-state index in [4.69, 9.17) is 0 Å². The number of carbonyl (C=O) groups excluding carboxylic acids is 1. The summed E-state index contributed by atoms with van der Waals surface area (Å²) in [6, 6.07) is 0. The molecule has 17 heavy (non-hydrogen) atoms. The van der Waals surface area contributed by atoms with Crippen LogP contribution in [0.15, 0.2) is 12.4 Å². The molecule has 1 heterocycles. The molecule has 0 spiro atoms. The first-order valence-corrected chi connectivity index (χ1v) is 6.53. The van der Waals surface area contributed by atoms with Gasteiger partial charge >= 0.3 is 0 Å². The van der Waals surface area contributed by atoms with Crippen molar-refractivity contribution >= 4 is 5.91 Å². The molecule has 1 fully saturated rings. The van der Waals surface area contributed by atoms with Crippen molar-refractivity contribution in [2.45, 2.75) is 45.4 Å². The van der Waals surface area contributed by atoms with E-state index in [0.29, 0.717) is 6.54 Å². The number of nitrogens with zero attached hydrogens (tertiary/aromatic N) is 1. The van der Waals surface area contributed by atoms with Gasteiger partial charge in [0.05, 0.1) is 0 Å². The quantitative estimate of drug-likeness (QED) is 0.820. The maximum Gasteiger partial charge on any atom is 0.226 e. The van der Waals surface area contributed by atoms with E-state index >= 15 is 0 Å². The van der Waals surface area contributed by atoms with Gasteiger partial charge in [0, 0.05) is 30.8 Å². The number of H-pyrrole nitrogens is 1. The second-order valence-corrected chi connectivity index (χ2v) is 4.88. The van der Waals surface area contributed by atoms with Gasteiger partial charge in [-0.15, -0.1) is 0 Å². The molecule has 1 aliphatic carbocycles. The zero-order valence-electron chi connectivity index (χ0n) is 10.5. The first kappa shape index (κ1) is 12.1. The standard InChI is InChI=1S/C13H21N3O/c1-2-13(6-3-4-7-13)12(17)16-8-5-11-14-9-10-15-11/h9-10H,2-8H2,1H3,(H,14,15)(H,16,17). The predicted octanol–water partition coefficient (Wildman–Crippen LogP) is 2.04. The van der Waals surface area contributed by atoms with Gasteiger partial charge in [0.2, 0.25) is 5.91 Å². The van der Waals surface area contributed by atoms with Crippen LogP contribution in [0.2, 0.25) is 0 Å². The maximum atomic E-state index is 12.2. The summed E-state index contributed by atoms with van der Waals surface area (Å²) in [7, 11) is 0. The smallest absolute Gasteiger partial charge is 0.226 e. The Hall–Kier alpha value is -1.32. The first-order chi connectivity index (χ1) is 8.27. The second-order valence-electron chi connectivity index (χ2n) is 4.88. The molecule has 4 nitrogen and oxygen atoms in total. The minimum atomic E-state index is -0.0802. The highest BCUT2D eigenvalue weighted by Gasteiger charge is 2.38. The van der Waals surface area contributed by atoms with E-state index in [1.807, 2.05) is 6.20 Å². The Kier molecular flexibility index (Phi) is 3.82. The molecule has 0 aliphatic heterocycles. The third-order valence-electron chi connectivity index (χ3n) is 3.92. The van der Waals surface area contributed by atoms with Gasteiger partial charge in [0.25, 0.3) is 0 Å². The number of carbonyl (C=O) groups is 1. The number of hydrogen-bond donors (Lipinski definition) is 2. The number of aromatic nitrogens is 2. The minimum absolute atomic E-state index is 0.0802. The van der Waals surface area contributed by atoms with Crippen LogP contribution in [0.1, 0.15) is 44.9 Å². The van der Waals surface area contributed by atoms with Crippen molar-refractivity contribution in [2.75, 3.05) is 6.54 Å². The summed E-state index contributed by atoms with van der Waals surface area (Å²) >= 11 is 0. The molecular weight excluding hydrogens is 214 g/mol. The minimum Gasteiger partial charge on any atom is -0.355 e. The predicted molar refractivity (Wildman–Crippen MR) is 66.5 cm³/mol. The van der Waals surface area contributed by atoms with Crippen LogP contribution < -0.4 is 5.32 Å². The molecule has 0 atom stereocenters. The molecule has 1 amide bonds. The molecule has 1 aliphatic rings. The number of nitrogens with one attached hydrogen (secondary N) is 2. The zero-order chi connectivity index (χ0) is 12.1. The van der Waals surface area contributed by atoms with E-state index < -0.39 is 0 Å². The molecule has 2 rings (SSSR count). The van der Waals surface area contributed by atoms with Crippen molar-refractivity contribution in [2.24, 2.45) is 5.41 Å². The summed E-state index contributed by atoms with van der Waals surface area (Å²) in [6.07, 6.45) is 9.77. The molecule has 0 unspecified atom stereocenters. The van der Waals surface area contributed by atoms with Crippen molar-refractivity contribution in [1.82, 2.24) is 15.3 Å². The summed E-state index contributed by atoms with van der Waals surface area (Å²) in [5.41, 5.74) is -0.0802. The van der Waals surface area contributed by atoms with Crippen LogP contribution >= 0.6 is 0 Å². The van der Waals surface area contributed by atoms with E-state index in [-0.39, 0.29) is 11.3 Å². The summed E-state index contributed by atoms with van der Waals surface area (Å²) in [4.78, 5) is 19.4. The van der Waals surface area contributed by atoms with Crippen LogP contribution in [0.4, 0.5) is 0 Å². The van der Waals surface area contributed by atoms with E-state index in [1.165, 1.54) is 12.8 Å². The lowest BCUT2D eigenvalue weighted by Crippen LogP contribution is -2.39. The molecule has 1 aromatic rings. The fraction of sp³-hybridized carbons (Fsp3) is 0.692. The number of hydrogen-bond acceptors (Lipinski definition) is 2. The first-order valence-electron chi connectivity index (χ1n) is 6.53. The second kappa shape index (κ2) is 5.34. The van der Waals surface area contributed by atoms with Crippen molar-refractivity contribution < 1.29 is 4.79 Å². The van der Waals surface area contributed by atoms with Gasteiger partial charge in [0.15, 0.2) is 0 Å². The van der Waals surface area contributed by atoms with Gasteiger partial charge in [0.1, 0.15) is 5.82 Å². The Balaban J connectivity index is 1.80. The van der Waals surface area contributed by atoms with Crippen LogP contribution in [-0.4, -0.2) is 22.4 Å². The highest BCUT2D eigenvalue weighted by molar-refractivity contribution is 5.82. The number of aromatic amines is 1. The Morgan fingerprint density at radius 3 is 2.88 bits per heavy atom. The van der Waals surface area contributed by atoms with Crippen molar-refractivity contribution in [3.05, 3.63) is 18.2 Å². The monoisotopic (exact) mass is 235 g/mol. The fourth-order valence-corrected chi connectivity index (χ4v) is 2.71. The Bertz CT molecular complexity index is 353. The molecular formula is C13H21N3O. The molecule has 4 heteroatoms. The maximum absolute atomic E-state index is 12.2. The van der Waals surface area contributed by atoms with Crippen molar-refractivity contribution in [3.63, 3.8) is 0 Å². The van der Waals surface area contributed by atoms with Crippen LogP contribution in [0.5, 0.6) is 0 Å². The highest BCUT2D eigenvalue weighted by atomic mass is 16.2. The number of amides is 1. The van der Waals surface area contributed by atoms with E-state index in [0.717, 1.165) is 31.5 Å². The van der Waals surface area contributed by atoms with Gasteiger partial charge in [-0.1, -0.05) is 19.8 Å². The lowest BCUT2D eigenvalue weighted by Gasteiger charge is -2.25. The third kappa shape index (κ3) is 2.68. The van der Waals surface area contributed by atoms with Gasteiger partial charge in [-0.2, -0.15) is 0 Å². The average Bonchev–Trinajstić information content (AvgIpc) is 3.00. The third-order valence-corrected chi connectivity index (χ3v) is 3.92. The molecule has 1 aromatic heterocycles. The van der Waals surface area contributed by atoms with Gasteiger partial charge in [-0.25, -0.2) is 4.98 Å². The SMILES string of the molecule is CCC1(C(=O)NCCc2ncc[nH]2)CCCC1. The molecule has 94 valence electrons. The van der Waals surface area contributed by atoms with Gasteiger partial charge in [-0.3, -0.25) is 4.79 Å². The van der Waals surface area contributed by atoms with Gasteiger partial charge < -0.3 is 10.3 Å². The van der Waals surface area contributed by atoms with E-state index in [9.17, 15) is 4.79 Å². The summed E-state index contributed by atoms with van der Waals surface area (Å²) in [5.74, 6) is 1.17. The Labute approximate surface area is 102 Å². The highest BCUT2D eigenvalue weighted by Crippen LogP contribution is 2.40. The van der Waals surface area contributed by atoms with Crippen LogP contribution in [0, 0.1) is 5.41 Å². The molecule has 2 N–H and O–H groups in total. The lowest BCUT2D eigenvalue weighted by atomic mass is 9.82. The number of imidazole rings is 1. The average molecular weight is 235 g/mol. The normalized spacial score (nSPS) is 18.2. The molecule has 0 aromatic carbocycles. The summed E-state index contributed by atoms with van der Waals surface area (Å²) in [5, 5.41) is 3.06. The topological polar surface area (TPSA) is 57.8 Å². The lowest BCUT2D eigenvalue weighted by molar-refractivity contribution is -0.131. The Morgan fingerprint density at radius 2 is 2.29 bits per heavy atom. The van der Waals surface area contributed by atoms with E-state index in [2.05, 4.69) is 22.2 Å². The van der Waals surface area contributed by atoms with Crippen molar-refractivity contribution in [1.29, 1.82) is 0 Å². The molecule has 0 saturated heterocycles. The number of rotatable bonds is 5. The Morgan fingerprint density at radius 1 is 1.53 bits per heavy atom. The van der Waals surface area contributed by atoms with Crippen LogP contribution in [-0.2, 0) is 11.2 Å². The molecule has 0 radical (unpaired) electrons. The van der Waals surface area contributed by atoms with E-state index in [1.54, 1.807) is 6.20 Å². The zero-order valence-corrected chi connectivity index (χ0v) is 10.5. The van der Waals surface area contributed by atoms with Crippen LogP contribution in [0.25, 0.3) is 0 Å². The van der Waals surface area contributed by atoms with Crippen molar-refractivity contribution in [3.8, 4) is 0 Å². The molecule has 0 bridgehead atoms. The summed E-state index contributed by atoms with van der Waals surface area (Å²) in [6.45, 7) is 2.80. The summed E-state index contributed by atoms with van der Waals surface area (Å²) < 4.78 is 0. The fourth-order valence-electron chi connectivity index (χ4n) is 2.71. The van der Waals surface area contributed by atoms with Crippen LogP contribution in [0.3, 0.4) is 0 Å². The largest absolute Gasteiger partial charge is 0.355 e. The van der Waals surface area contributed by atoms with Gasteiger partial charge in [-0.05, 0) is 19.3 Å². The molecule has 1 saturated carbocycles.